The van der Waals surface area contributed by atoms with Gasteiger partial charge >= 0.3 is 0 Å². The molecule has 2 aromatic carbocycles. The van der Waals surface area contributed by atoms with Crippen molar-refractivity contribution in [2.24, 2.45) is 0 Å². The predicted molar refractivity (Wildman–Crippen MR) is 118 cm³/mol. The van der Waals surface area contributed by atoms with E-state index in [9.17, 15) is 13.2 Å². The Labute approximate surface area is 182 Å². The van der Waals surface area contributed by atoms with Crippen LogP contribution in [0, 0.1) is 0 Å². The molecule has 9 heteroatoms. The lowest BCUT2D eigenvalue weighted by atomic mass is 10.2. The minimum atomic E-state index is -3.73. The van der Waals surface area contributed by atoms with Crippen molar-refractivity contribution in [1.29, 1.82) is 0 Å². The van der Waals surface area contributed by atoms with Crippen molar-refractivity contribution in [3.63, 3.8) is 0 Å². The average molecular weight is 446 g/mol. The van der Waals surface area contributed by atoms with Gasteiger partial charge in [-0.3, -0.25) is 4.79 Å². The highest BCUT2D eigenvalue weighted by Gasteiger charge is 2.22. The topological polar surface area (TPSA) is 97.0 Å². The number of anilines is 2. The van der Waals surface area contributed by atoms with Crippen LogP contribution in [0.3, 0.4) is 0 Å². The SMILES string of the molecule is O=C(Nc1ccccc1N1CCOCC1)c1cccc(S(=O)(=O)NC[C@@H]2CCCO2)c1. The predicted octanol–water partition coefficient (Wildman–Crippen LogP) is 2.23. The second-order valence-electron chi connectivity index (χ2n) is 7.59. The van der Waals surface area contributed by atoms with Crippen LogP contribution in [-0.2, 0) is 19.5 Å². The Balaban J connectivity index is 1.47. The number of ether oxygens (including phenoxy) is 2. The molecule has 2 aromatic rings. The van der Waals surface area contributed by atoms with Crippen LogP contribution in [0.2, 0.25) is 0 Å². The number of nitrogens with zero attached hydrogens (tertiary/aromatic N) is 1. The van der Waals surface area contributed by atoms with E-state index in [1.165, 1.54) is 12.1 Å². The Hall–Kier alpha value is -2.46. The molecule has 0 aromatic heterocycles. The van der Waals surface area contributed by atoms with E-state index in [-0.39, 0.29) is 29.0 Å². The molecular formula is C22H27N3O5S. The van der Waals surface area contributed by atoms with Crippen LogP contribution >= 0.6 is 0 Å². The number of para-hydroxylation sites is 2. The number of morpholine rings is 1. The number of carbonyl (C=O) groups is 1. The number of sulfonamides is 1. The average Bonchev–Trinajstić information content (AvgIpc) is 3.33. The lowest BCUT2D eigenvalue weighted by molar-refractivity contribution is 0.102. The van der Waals surface area contributed by atoms with Gasteiger partial charge in [-0.25, -0.2) is 13.1 Å². The van der Waals surface area contributed by atoms with Crippen molar-refractivity contribution in [3.8, 4) is 0 Å². The van der Waals surface area contributed by atoms with Crippen molar-refractivity contribution in [3.05, 3.63) is 54.1 Å². The van der Waals surface area contributed by atoms with E-state index in [0.717, 1.165) is 31.6 Å². The maximum absolute atomic E-state index is 12.9. The third-order valence-electron chi connectivity index (χ3n) is 5.44. The first-order valence-corrected chi connectivity index (χ1v) is 12.0. The van der Waals surface area contributed by atoms with Gasteiger partial charge < -0.3 is 19.7 Å². The van der Waals surface area contributed by atoms with Crippen LogP contribution in [-0.4, -0.2) is 59.9 Å². The number of nitrogens with one attached hydrogen (secondary N) is 2. The molecule has 2 aliphatic rings. The van der Waals surface area contributed by atoms with Crippen molar-refractivity contribution in [2.45, 2.75) is 23.8 Å². The minimum Gasteiger partial charge on any atom is -0.378 e. The van der Waals surface area contributed by atoms with Gasteiger partial charge in [0.15, 0.2) is 0 Å². The quantitative estimate of drug-likeness (QED) is 0.679. The summed E-state index contributed by atoms with van der Waals surface area (Å²) in [5, 5.41) is 2.92. The van der Waals surface area contributed by atoms with E-state index >= 15 is 0 Å². The maximum atomic E-state index is 12.9. The molecule has 1 amide bonds. The summed E-state index contributed by atoms with van der Waals surface area (Å²) in [5.74, 6) is -0.364. The van der Waals surface area contributed by atoms with Gasteiger partial charge in [-0.2, -0.15) is 0 Å². The summed E-state index contributed by atoms with van der Waals surface area (Å²) in [6, 6.07) is 13.6. The van der Waals surface area contributed by atoms with Gasteiger partial charge in [0.25, 0.3) is 5.91 Å². The number of amides is 1. The Morgan fingerprint density at radius 2 is 1.87 bits per heavy atom. The second kappa shape index (κ2) is 9.78. The molecule has 2 saturated heterocycles. The van der Waals surface area contributed by atoms with Crippen LogP contribution < -0.4 is 14.9 Å². The van der Waals surface area contributed by atoms with E-state index < -0.39 is 10.0 Å². The number of carbonyl (C=O) groups excluding carboxylic acids is 1. The molecule has 0 bridgehead atoms. The molecular weight excluding hydrogens is 418 g/mol. The number of hydrogen-bond acceptors (Lipinski definition) is 6. The molecule has 8 nitrogen and oxygen atoms in total. The molecule has 2 fully saturated rings. The Morgan fingerprint density at radius 1 is 1.06 bits per heavy atom. The summed E-state index contributed by atoms with van der Waals surface area (Å²) < 4.78 is 38.8. The number of benzene rings is 2. The van der Waals surface area contributed by atoms with Crippen molar-refractivity contribution in [2.75, 3.05) is 49.7 Å². The summed E-state index contributed by atoms with van der Waals surface area (Å²) >= 11 is 0. The van der Waals surface area contributed by atoms with Crippen molar-refractivity contribution in [1.82, 2.24) is 4.72 Å². The van der Waals surface area contributed by atoms with Gasteiger partial charge in [-0.15, -0.1) is 0 Å². The summed E-state index contributed by atoms with van der Waals surface area (Å²) in [7, 11) is -3.73. The van der Waals surface area contributed by atoms with Crippen molar-refractivity contribution >= 4 is 27.3 Å². The van der Waals surface area contributed by atoms with Gasteiger partial charge in [-0.05, 0) is 43.2 Å². The normalized spacial score (nSPS) is 19.4. The zero-order valence-corrected chi connectivity index (χ0v) is 18.1. The first-order chi connectivity index (χ1) is 15.0. The standard InChI is InChI=1S/C22H27N3O5S/c26-22(24-20-8-1-2-9-21(20)25-10-13-29-14-11-25)17-5-3-7-19(15-17)31(27,28)23-16-18-6-4-12-30-18/h1-3,5,7-9,15,18,23H,4,6,10-14,16H2,(H,24,26)/t18-/m0/s1. The van der Waals surface area contributed by atoms with Gasteiger partial charge in [0.2, 0.25) is 10.0 Å². The summed E-state index contributed by atoms with van der Waals surface area (Å²) in [5.41, 5.74) is 1.87. The Morgan fingerprint density at radius 3 is 2.65 bits per heavy atom. The molecule has 1 atom stereocenters. The second-order valence-corrected chi connectivity index (χ2v) is 9.35. The van der Waals surface area contributed by atoms with Crippen LogP contribution in [0.1, 0.15) is 23.2 Å². The van der Waals surface area contributed by atoms with Gasteiger partial charge in [0.05, 0.1) is 35.6 Å². The molecule has 2 N–H and O–H groups in total. The molecule has 0 unspecified atom stereocenters. The summed E-state index contributed by atoms with van der Waals surface area (Å²) in [4.78, 5) is 15.1. The zero-order chi connectivity index (χ0) is 21.7. The minimum absolute atomic E-state index is 0.0552. The fourth-order valence-corrected chi connectivity index (χ4v) is 4.86. The van der Waals surface area contributed by atoms with Crippen LogP contribution in [0.15, 0.2) is 53.4 Å². The molecule has 166 valence electrons. The third kappa shape index (κ3) is 5.43. The smallest absolute Gasteiger partial charge is 0.255 e. The van der Waals surface area contributed by atoms with Gasteiger partial charge in [-0.1, -0.05) is 18.2 Å². The Kier molecular flexibility index (Phi) is 6.86. The molecule has 0 saturated carbocycles. The summed E-state index contributed by atoms with van der Waals surface area (Å²) in [6.45, 7) is 3.66. The van der Waals surface area contributed by atoms with Crippen LogP contribution in [0.25, 0.3) is 0 Å². The molecule has 0 aliphatic carbocycles. The van der Waals surface area contributed by atoms with E-state index in [2.05, 4.69) is 14.9 Å². The largest absolute Gasteiger partial charge is 0.378 e. The molecule has 4 rings (SSSR count). The van der Waals surface area contributed by atoms with E-state index in [0.29, 0.717) is 25.5 Å². The lowest BCUT2D eigenvalue weighted by Gasteiger charge is -2.30. The van der Waals surface area contributed by atoms with Crippen LogP contribution in [0.5, 0.6) is 0 Å². The van der Waals surface area contributed by atoms with Gasteiger partial charge in [0, 0.05) is 31.8 Å². The van der Waals surface area contributed by atoms with E-state index in [4.69, 9.17) is 9.47 Å². The fourth-order valence-electron chi connectivity index (χ4n) is 3.75. The first-order valence-electron chi connectivity index (χ1n) is 10.5. The maximum Gasteiger partial charge on any atom is 0.255 e. The van der Waals surface area contributed by atoms with E-state index in [1.54, 1.807) is 12.1 Å². The van der Waals surface area contributed by atoms with Crippen molar-refractivity contribution < 1.29 is 22.7 Å². The highest BCUT2D eigenvalue weighted by molar-refractivity contribution is 7.89. The fraction of sp³-hybridized carbons (Fsp3) is 0.409. The van der Waals surface area contributed by atoms with Crippen LogP contribution in [0.4, 0.5) is 11.4 Å². The zero-order valence-electron chi connectivity index (χ0n) is 17.2. The Bertz CT molecular complexity index is 1020. The summed E-state index contributed by atoms with van der Waals surface area (Å²) in [6.07, 6.45) is 1.68. The monoisotopic (exact) mass is 445 g/mol. The third-order valence-corrected chi connectivity index (χ3v) is 6.86. The molecule has 2 heterocycles. The molecule has 31 heavy (non-hydrogen) atoms. The van der Waals surface area contributed by atoms with Gasteiger partial charge in [0.1, 0.15) is 0 Å². The molecule has 0 spiro atoms. The molecule has 0 radical (unpaired) electrons. The lowest BCUT2D eigenvalue weighted by Crippen LogP contribution is -2.36. The number of rotatable bonds is 7. The van der Waals surface area contributed by atoms with E-state index in [1.807, 2.05) is 24.3 Å². The first kappa shape index (κ1) is 21.8. The molecule has 2 aliphatic heterocycles. The highest BCUT2D eigenvalue weighted by Crippen LogP contribution is 2.27. The highest BCUT2D eigenvalue weighted by atomic mass is 32.2. The number of hydrogen-bond donors (Lipinski definition) is 2.